The smallest absolute Gasteiger partial charge is 0.266 e. The summed E-state index contributed by atoms with van der Waals surface area (Å²) in [4.78, 5) is 27.6. The van der Waals surface area contributed by atoms with E-state index in [1.807, 2.05) is 12.1 Å². The van der Waals surface area contributed by atoms with Gasteiger partial charge in [-0.2, -0.15) is 10.5 Å². The first-order valence-electron chi connectivity index (χ1n) is 9.22. The molecule has 166 valence electrons. The number of nitrogen functional groups attached to an aromatic ring is 1. The summed E-state index contributed by atoms with van der Waals surface area (Å²) in [6.07, 6.45) is 0. The number of amides is 2. The number of pyridine rings is 1. The second-order valence-corrected chi connectivity index (χ2v) is 7.54. The molecular weight excluding hydrogens is 448 g/mol. The van der Waals surface area contributed by atoms with Gasteiger partial charge in [0, 0.05) is 18.3 Å². The van der Waals surface area contributed by atoms with Gasteiger partial charge in [0.1, 0.15) is 28.5 Å². The van der Waals surface area contributed by atoms with Crippen molar-refractivity contribution < 1.29 is 23.9 Å². The Hall–Kier alpha value is -4.62. The maximum absolute atomic E-state index is 12.4. The van der Waals surface area contributed by atoms with Gasteiger partial charge in [0.15, 0.2) is 13.0 Å². The van der Waals surface area contributed by atoms with E-state index >= 15 is 0 Å². The number of nitrogens with two attached hydrogens (primary N) is 1. The summed E-state index contributed by atoms with van der Waals surface area (Å²) >= 11 is 0.913. The number of benzene rings is 1. The highest BCUT2D eigenvalue weighted by Crippen LogP contribution is 2.36. The number of hydrogen-bond acceptors (Lipinski definition) is 10. The summed E-state index contributed by atoms with van der Waals surface area (Å²) in [5, 5.41) is 40.2. The summed E-state index contributed by atoms with van der Waals surface area (Å²) in [5.41, 5.74) is 6.50. The number of carbonyl (C=O) groups excluding carboxylic acids is 2. The SMILES string of the molecule is CC(=O)Nc1ccc(NC(=O)CSc2nc(N)c(C#N)c(-c3c([O-])on[n+]3C)c2C#N)cc1. The van der Waals surface area contributed by atoms with Gasteiger partial charge in [0.2, 0.25) is 11.8 Å². The lowest BCUT2D eigenvalue weighted by Gasteiger charge is -2.11. The second kappa shape index (κ2) is 9.67. The van der Waals surface area contributed by atoms with Gasteiger partial charge in [0.05, 0.1) is 22.2 Å². The van der Waals surface area contributed by atoms with E-state index in [1.54, 1.807) is 24.3 Å². The number of nitrogens with zero attached hydrogens (tertiary/aromatic N) is 5. The number of anilines is 3. The van der Waals surface area contributed by atoms with Gasteiger partial charge in [-0.05, 0) is 24.3 Å². The average molecular weight is 464 g/mol. The normalized spacial score (nSPS) is 10.2. The Morgan fingerprint density at radius 3 is 2.30 bits per heavy atom. The van der Waals surface area contributed by atoms with Crippen LogP contribution in [0.2, 0.25) is 0 Å². The van der Waals surface area contributed by atoms with Crippen LogP contribution in [0.5, 0.6) is 5.95 Å². The number of aromatic nitrogens is 3. The van der Waals surface area contributed by atoms with E-state index < -0.39 is 11.9 Å². The van der Waals surface area contributed by atoms with Crippen molar-refractivity contribution in [2.75, 3.05) is 22.1 Å². The quantitative estimate of drug-likeness (QED) is 0.344. The Kier molecular flexibility index (Phi) is 6.76. The molecule has 2 amide bonds. The monoisotopic (exact) mass is 464 g/mol. The molecule has 0 saturated heterocycles. The standard InChI is InChI=1S/C20H15N8O4S/c1-10(29)24-11-3-5-12(6-4-11)25-15(30)9-33-19-14(8-22)16(13(7-21)18(23)26-19)17-20(31)32-27-28(17)2/h3-6H,9H2,1-2H3,(H3,23,26,31)/q-1/p+1. The largest absolute Gasteiger partial charge is 0.539 e. The van der Waals surface area contributed by atoms with Crippen molar-refractivity contribution >= 4 is 40.8 Å². The van der Waals surface area contributed by atoms with E-state index in [4.69, 9.17) is 5.73 Å². The van der Waals surface area contributed by atoms with E-state index in [0.29, 0.717) is 11.4 Å². The molecular formula is C20H16N8O4S. The third-order valence-corrected chi connectivity index (χ3v) is 5.22. The predicted octanol–water partition coefficient (Wildman–Crippen LogP) is 0.649. The third-order valence-electron chi connectivity index (χ3n) is 4.24. The lowest BCUT2D eigenvalue weighted by molar-refractivity contribution is -0.730. The molecule has 0 aliphatic heterocycles. The topological polar surface area (TPSA) is 198 Å². The summed E-state index contributed by atoms with van der Waals surface area (Å²) in [7, 11) is 1.41. The van der Waals surface area contributed by atoms with Crippen molar-refractivity contribution in [2.45, 2.75) is 11.9 Å². The summed E-state index contributed by atoms with van der Waals surface area (Å²) < 4.78 is 5.69. The van der Waals surface area contributed by atoms with Crippen molar-refractivity contribution in [2.24, 2.45) is 7.05 Å². The van der Waals surface area contributed by atoms with Crippen LogP contribution in [0.1, 0.15) is 18.1 Å². The zero-order valence-electron chi connectivity index (χ0n) is 17.4. The Labute approximate surface area is 191 Å². The van der Waals surface area contributed by atoms with Gasteiger partial charge >= 0.3 is 0 Å². The van der Waals surface area contributed by atoms with Crippen molar-refractivity contribution in [1.29, 1.82) is 10.5 Å². The number of carbonyl (C=O) groups is 2. The van der Waals surface area contributed by atoms with Crippen molar-refractivity contribution in [3.8, 4) is 29.3 Å². The first-order valence-corrected chi connectivity index (χ1v) is 10.2. The molecule has 13 heteroatoms. The first-order chi connectivity index (χ1) is 15.7. The van der Waals surface area contributed by atoms with Gasteiger partial charge < -0.3 is 26.0 Å². The van der Waals surface area contributed by atoms with Crippen LogP contribution in [-0.4, -0.2) is 27.8 Å². The minimum Gasteiger partial charge on any atom is -0.539 e. The fourth-order valence-electron chi connectivity index (χ4n) is 2.89. The minimum absolute atomic E-state index is 0.0577. The van der Waals surface area contributed by atoms with Crippen molar-refractivity contribution in [3.63, 3.8) is 0 Å². The maximum Gasteiger partial charge on any atom is 0.266 e. The van der Waals surface area contributed by atoms with Crippen LogP contribution in [0.15, 0.2) is 33.8 Å². The minimum atomic E-state index is -0.854. The zero-order chi connectivity index (χ0) is 24.1. The molecule has 0 fully saturated rings. The van der Waals surface area contributed by atoms with Gasteiger partial charge in [-0.3, -0.25) is 9.59 Å². The number of nitrogens with one attached hydrogen (secondary N) is 2. The molecule has 4 N–H and O–H groups in total. The van der Waals surface area contributed by atoms with Gasteiger partial charge in [-0.1, -0.05) is 16.4 Å². The molecule has 0 spiro atoms. The Balaban J connectivity index is 1.84. The Bertz CT molecular complexity index is 1300. The van der Waals surface area contributed by atoms with E-state index in [0.717, 1.165) is 16.4 Å². The Morgan fingerprint density at radius 1 is 1.18 bits per heavy atom. The summed E-state index contributed by atoms with van der Waals surface area (Å²) in [6, 6.07) is 10.3. The maximum atomic E-state index is 12.4. The van der Waals surface area contributed by atoms with Crippen LogP contribution in [-0.2, 0) is 16.6 Å². The number of hydrogen-bond donors (Lipinski definition) is 3. The lowest BCUT2D eigenvalue weighted by Crippen LogP contribution is -2.32. The summed E-state index contributed by atoms with van der Waals surface area (Å²) in [5.74, 6) is -1.81. The molecule has 0 atom stereocenters. The lowest BCUT2D eigenvalue weighted by atomic mass is 10.0. The fraction of sp³-hybridized carbons (Fsp3) is 0.150. The summed E-state index contributed by atoms with van der Waals surface area (Å²) in [6.45, 7) is 1.39. The highest BCUT2D eigenvalue weighted by Gasteiger charge is 2.29. The average Bonchev–Trinajstić information content (AvgIpc) is 3.10. The first kappa shape index (κ1) is 23.1. The predicted molar refractivity (Wildman–Crippen MR) is 114 cm³/mol. The number of aryl methyl sites for hydroxylation is 1. The van der Waals surface area contributed by atoms with Crippen molar-refractivity contribution in [3.05, 3.63) is 35.4 Å². The molecule has 3 rings (SSSR count). The molecule has 3 aromatic rings. The molecule has 33 heavy (non-hydrogen) atoms. The molecule has 0 aliphatic rings. The zero-order valence-corrected chi connectivity index (χ0v) is 18.2. The molecule has 0 bridgehead atoms. The van der Waals surface area contributed by atoms with E-state index in [1.165, 1.54) is 14.0 Å². The van der Waals surface area contributed by atoms with Crippen LogP contribution >= 0.6 is 11.8 Å². The van der Waals surface area contributed by atoms with Crippen LogP contribution < -0.4 is 26.2 Å². The van der Waals surface area contributed by atoms with Gasteiger partial charge in [0.25, 0.3) is 5.69 Å². The molecule has 0 unspecified atom stereocenters. The van der Waals surface area contributed by atoms with Gasteiger partial charge in [-0.15, -0.1) is 0 Å². The fourth-order valence-corrected chi connectivity index (χ4v) is 3.68. The molecule has 1 aromatic carbocycles. The molecule has 12 nitrogen and oxygen atoms in total. The van der Waals surface area contributed by atoms with Gasteiger partial charge in [-0.25, -0.2) is 4.98 Å². The Morgan fingerprint density at radius 2 is 1.79 bits per heavy atom. The molecule has 0 saturated carbocycles. The third kappa shape index (κ3) is 5.00. The molecule has 2 heterocycles. The van der Waals surface area contributed by atoms with E-state index in [2.05, 4.69) is 25.4 Å². The highest BCUT2D eigenvalue weighted by molar-refractivity contribution is 8.00. The van der Waals surface area contributed by atoms with Crippen LogP contribution in [0.4, 0.5) is 17.2 Å². The molecule has 0 radical (unpaired) electrons. The second-order valence-electron chi connectivity index (χ2n) is 6.58. The van der Waals surface area contributed by atoms with Crippen LogP contribution in [0.3, 0.4) is 0 Å². The van der Waals surface area contributed by atoms with Crippen LogP contribution in [0, 0.1) is 22.7 Å². The number of rotatable bonds is 6. The number of nitriles is 2. The highest BCUT2D eigenvalue weighted by atomic mass is 32.2. The molecule has 2 aromatic heterocycles. The number of thioether (sulfide) groups is 1. The van der Waals surface area contributed by atoms with E-state index in [9.17, 15) is 25.2 Å². The van der Waals surface area contributed by atoms with E-state index in [-0.39, 0.29) is 44.9 Å². The molecule has 0 aliphatic carbocycles. The van der Waals surface area contributed by atoms with Crippen LogP contribution in [0.25, 0.3) is 11.3 Å². The van der Waals surface area contributed by atoms with Crippen molar-refractivity contribution in [1.82, 2.24) is 10.3 Å².